The number of carbonyl (C=O) groups is 2. The first-order valence-corrected chi connectivity index (χ1v) is 11.7. The molecule has 0 bridgehead atoms. The monoisotopic (exact) mass is 447 g/mol. The number of hydrogen-bond acceptors (Lipinski definition) is 4. The van der Waals surface area contributed by atoms with Gasteiger partial charge in [0.1, 0.15) is 11.4 Å². The van der Waals surface area contributed by atoms with Gasteiger partial charge in [-0.3, -0.25) is 9.59 Å². The summed E-state index contributed by atoms with van der Waals surface area (Å²) < 4.78 is 38.4. The van der Waals surface area contributed by atoms with Crippen molar-refractivity contribution in [3.63, 3.8) is 0 Å². The highest BCUT2D eigenvalue weighted by Gasteiger charge is 2.49. The van der Waals surface area contributed by atoms with Crippen LogP contribution in [0.5, 0.6) is 0 Å². The lowest BCUT2D eigenvalue weighted by molar-refractivity contribution is -0.153. The van der Waals surface area contributed by atoms with Crippen molar-refractivity contribution in [3.05, 3.63) is 71.0 Å². The van der Waals surface area contributed by atoms with Gasteiger partial charge in [-0.05, 0) is 37.1 Å². The van der Waals surface area contributed by atoms with Crippen molar-refractivity contribution in [3.8, 4) is 0 Å². The predicted molar refractivity (Wildman–Crippen MR) is 115 cm³/mol. The third-order valence-corrected chi connectivity index (χ3v) is 6.67. The highest BCUT2D eigenvalue weighted by atomic mass is 32.2. The number of sulfonamides is 1. The summed E-state index contributed by atoms with van der Waals surface area (Å²) >= 11 is 0. The zero-order valence-corrected chi connectivity index (χ0v) is 18.6. The van der Waals surface area contributed by atoms with E-state index in [1.54, 1.807) is 19.1 Å². The number of amides is 2. The molecule has 2 aromatic carbocycles. The quantitative estimate of drug-likeness (QED) is 0.732. The van der Waals surface area contributed by atoms with Gasteiger partial charge in [-0.2, -0.15) is 4.31 Å². The zero-order valence-electron chi connectivity index (χ0n) is 17.8. The summed E-state index contributed by atoms with van der Waals surface area (Å²) in [6, 6.07) is 13.3. The number of rotatable bonds is 6. The van der Waals surface area contributed by atoms with E-state index in [1.807, 2.05) is 31.2 Å². The van der Waals surface area contributed by atoms with Crippen LogP contribution in [-0.4, -0.2) is 54.3 Å². The van der Waals surface area contributed by atoms with Crippen LogP contribution in [0.25, 0.3) is 0 Å². The average molecular weight is 448 g/mol. The van der Waals surface area contributed by atoms with Crippen molar-refractivity contribution in [2.45, 2.75) is 32.5 Å². The van der Waals surface area contributed by atoms with Gasteiger partial charge in [0.15, 0.2) is 0 Å². The second-order valence-electron chi connectivity index (χ2n) is 8.08. The normalized spacial score (nSPS) is 20.0. The Balaban J connectivity index is 1.87. The third kappa shape index (κ3) is 5.29. The van der Waals surface area contributed by atoms with Gasteiger partial charge in [0.25, 0.3) is 0 Å². The first-order chi connectivity index (χ1) is 14.5. The van der Waals surface area contributed by atoms with Crippen molar-refractivity contribution in [2.75, 3.05) is 19.3 Å². The molecule has 3 rings (SSSR count). The molecule has 9 heteroatoms. The summed E-state index contributed by atoms with van der Waals surface area (Å²) in [5, 5.41) is 2.77. The molecule has 166 valence electrons. The molecule has 0 saturated carbocycles. The summed E-state index contributed by atoms with van der Waals surface area (Å²) in [5.41, 5.74) is 1.18. The minimum Gasteiger partial charge on any atom is -0.350 e. The van der Waals surface area contributed by atoms with Crippen LogP contribution in [0.15, 0.2) is 48.5 Å². The first-order valence-electron chi connectivity index (χ1n) is 9.83. The number of carbonyl (C=O) groups excluding carboxylic acids is 2. The molecular weight excluding hydrogens is 421 g/mol. The summed E-state index contributed by atoms with van der Waals surface area (Å²) in [4.78, 5) is 27.6. The van der Waals surface area contributed by atoms with E-state index >= 15 is 0 Å². The van der Waals surface area contributed by atoms with E-state index in [0.717, 1.165) is 21.7 Å². The van der Waals surface area contributed by atoms with Crippen LogP contribution >= 0.6 is 0 Å². The van der Waals surface area contributed by atoms with Gasteiger partial charge in [0, 0.05) is 19.6 Å². The lowest BCUT2D eigenvalue weighted by Crippen LogP contribution is -2.69. The molecular formula is C22H26FN3O4S. The predicted octanol–water partition coefficient (Wildman–Crippen LogP) is 1.81. The Bertz CT molecular complexity index is 1070. The van der Waals surface area contributed by atoms with Gasteiger partial charge in [-0.25, -0.2) is 12.8 Å². The summed E-state index contributed by atoms with van der Waals surface area (Å²) in [5.74, 6) is -1.31. The highest BCUT2D eigenvalue weighted by molar-refractivity contribution is 7.88. The molecule has 7 nitrogen and oxygen atoms in total. The van der Waals surface area contributed by atoms with Crippen molar-refractivity contribution < 1.29 is 22.4 Å². The summed E-state index contributed by atoms with van der Waals surface area (Å²) in [6.45, 7) is 3.35. The molecule has 1 heterocycles. The maximum atomic E-state index is 13.2. The number of nitrogens with zero attached hydrogens (tertiary/aromatic N) is 2. The Morgan fingerprint density at radius 1 is 1.10 bits per heavy atom. The first kappa shape index (κ1) is 22.9. The number of piperazine rings is 1. The van der Waals surface area contributed by atoms with Crippen LogP contribution in [0.4, 0.5) is 4.39 Å². The molecule has 2 aromatic rings. The topological polar surface area (TPSA) is 86.8 Å². The summed E-state index contributed by atoms with van der Waals surface area (Å²) in [6.07, 6.45) is 1.02. The van der Waals surface area contributed by atoms with Crippen LogP contribution in [0, 0.1) is 12.7 Å². The second-order valence-corrected chi connectivity index (χ2v) is 10.1. The number of halogens is 1. The molecule has 1 atom stereocenters. The fourth-order valence-electron chi connectivity index (χ4n) is 3.54. The van der Waals surface area contributed by atoms with Crippen molar-refractivity contribution in [1.82, 2.24) is 14.5 Å². The molecule has 0 aliphatic carbocycles. The highest BCUT2D eigenvalue weighted by Crippen LogP contribution is 2.27. The largest absolute Gasteiger partial charge is 0.350 e. The smallest absolute Gasteiger partial charge is 0.247 e. The molecule has 1 N–H and O–H groups in total. The number of nitrogens with one attached hydrogen (secondary N) is 1. The van der Waals surface area contributed by atoms with Crippen LogP contribution in [0.3, 0.4) is 0 Å². The Morgan fingerprint density at radius 2 is 1.68 bits per heavy atom. The van der Waals surface area contributed by atoms with Crippen LogP contribution < -0.4 is 5.32 Å². The Morgan fingerprint density at radius 3 is 2.26 bits per heavy atom. The van der Waals surface area contributed by atoms with Crippen LogP contribution in [-0.2, 0) is 32.7 Å². The van der Waals surface area contributed by atoms with Gasteiger partial charge in [-0.1, -0.05) is 42.0 Å². The van der Waals surface area contributed by atoms with E-state index in [1.165, 1.54) is 17.0 Å². The molecule has 2 amide bonds. The lowest BCUT2D eigenvalue weighted by atomic mass is 9.94. The Hall–Kier alpha value is -2.78. The Kier molecular flexibility index (Phi) is 6.47. The molecule has 31 heavy (non-hydrogen) atoms. The Labute approximate surface area is 181 Å². The molecule has 1 saturated heterocycles. The third-order valence-electron chi connectivity index (χ3n) is 5.48. The van der Waals surface area contributed by atoms with E-state index < -0.39 is 27.4 Å². The average Bonchev–Trinajstić information content (AvgIpc) is 2.70. The number of hydrogen-bond donors (Lipinski definition) is 1. The number of aryl methyl sites for hydroxylation is 1. The van der Waals surface area contributed by atoms with Gasteiger partial charge in [0.05, 0.1) is 12.8 Å². The van der Waals surface area contributed by atoms with Crippen molar-refractivity contribution in [1.29, 1.82) is 0 Å². The molecule has 0 spiro atoms. The maximum absolute atomic E-state index is 13.2. The SMILES string of the molecule is Cc1ccc(CN2C(=O)CN(S(C)(=O)=O)C[C@]2(C)C(=O)NCc2ccc(F)cc2)cc1. The van der Waals surface area contributed by atoms with Gasteiger partial charge in [0.2, 0.25) is 21.8 Å². The molecule has 1 aliphatic rings. The minimum atomic E-state index is -3.67. The molecule has 0 unspecified atom stereocenters. The molecule has 0 radical (unpaired) electrons. The standard InChI is InChI=1S/C22H26FN3O4S/c1-16-4-6-18(7-5-16)13-26-20(27)14-25(31(3,29)30)15-22(26,2)21(28)24-12-17-8-10-19(23)11-9-17/h4-11H,12-15H2,1-3H3,(H,24,28)/t22-/m1/s1. The van der Waals surface area contributed by atoms with Gasteiger partial charge in [-0.15, -0.1) is 0 Å². The van der Waals surface area contributed by atoms with E-state index in [-0.39, 0.29) is 32.0 Å². The molecule has 1 fully saturated rings. The van der Waals surface area contributed by atoms with E-state index in [9.17, 15) is 22.4 Å². The molecule has 1 aliphatic heterocycles. The van der Waals surface area contributed by atoms with Crippen LogP contribution in [0.1, 0.15) is 23.6 Å². The van der Waals surface area contributed by atoms with Crippen molar-refractivity contribution in [2.24, 2.45) is 0 Å². The van der Waals surface area contributed by atoms with E-state index in [4.69, 9.17) is 0 Å². The van der Waals surface area contributed by atoms with Gasteiger partial charge < -0.3 is 10.2 Å². The minimum absolute atomic E-state index is 0.125. The van der Waals surface area contributed by atoms with E-state index in [0.29, 0.717) is 5.56 Å². The summed E-state index contributed by atoms with van der Waals surface area (Å²) in [7, 11) is -3.67. The number of benzene rings is 2. The van der Waals surface area contributed by atoms with Gasteiger partial charge >= 0.3 is 0 Å². The fraction of sp³-hybridized carbons (Fsp3) is 0.364. The molecule has 0 aromatic heterocycles. The van der Waals surface area contributed by atoms with Crippen molar-refractivity contribution >= 4 is 21.8 Å². The fourth-order valence-corrected chi connectivity index (χ4v) is 4.37. The van der Waals surface area contributed by atoms with E-state index in [2.05, 4.69) is 5.32 Å². The lowest BCUT2D eigenvalue weighted by Gasteiger charge is -2.46. The zero-order chi connectivity index (χ0) is 22.8. The maximum Gasteiger partial charge on any atom is 0.247 e. The second kappa shape index (κ2) is 8.76. The van der Waals surface area contributed by atoms with Crippen LogP contribution in [0.2, 0.25) is 0 Å².